The van der Waals surface area contributed by atoms with Crippen LogP contribution in [0.25, 0.3) is 10.9 Å². The Kier molecular flexibility index (Phi) is 4.96. The minimum atomic E-state index is -0.344. The van der Waals surface area contributed by atoms with Gasteiger partial charge in [0.2, 0.25) is 5.91 Å². The van der Waals surface area contributed by atoms with E-state index in [-0.39, 0.29) is 22.4 Å². The first-order valence-corrected chi connectivity index (χ1v) is 8.75. The molecule has 0 saturated carbocycles. The molecule has 2 N–H and O–H groups in total. The summed E-state index contributed by atoms with van der Waals surface area (Å²) in [5.74, 6) is 5.75. The number of benzene rings is 2. The summed E-state index contributed by atoms with van der Waals surface area (Å²) in [6.45, 7) is 0. The number of nitrogens with two attached hydrogens (primary N) is 1. The molecule has 1 amide bonds. The average Bonchev–Trinajstić information content (AvgIpc) is 2.62. The van der Waals surface area contributed by atoms with Crippen LogP contribution < -0.4 is 16.3 Å². The second-order valence-electron chi connectivity index (χ2n) is 5.31. The number of rotatable bonds is 4. The first kappa shape index (κ1) is 17.3. The highest BCUT2D eigenvalue weighted by Crippen LogP contribution is 2.21. The number of halogens is 1. The van der Waals surface area contributed by atoms with E-state index in [2.05, 4.69) is 4.98 Å². The number of carbonyl (C=O) groups excluding carboxylic acids is 1. The Balaban J connectivity index is 1.79. The molecule has 0 unspecified atom stereocenters. The van der Waals surface area contributed by atoms with Crippen LogP contribution in [0.3, 0.4) is 0 Å². The van der Waals surface area contributed by atoms with Crippen molar-refractivity contribution in [3.8, 4) is 0 Å². The van der Waals surface area contributed by atoms with Crippen molar-refractivity contribution < 1.29 is 4.79 Å². The molecular weight excluding hydrogens is 360 g/mol. The van der Waals surface area contributed by atoms with Crippen molar-refractivity contribution in [3.63, 3.8) is 0 Å². The molecule has 0 aliphatic rings. The molecule has 3 rings (SSSR count). The topological polar surface area (TPSA) is 81.2 Å². The molecule has 0 aliphatic heterocycles. The van der Waals surface area contributed by atoms with Crippen molar-refractivity contribution >= 4 is 45.9 Å². The zero-order valence-electron chi connectivity index (χ0n) is 13.3. The van der Waals surface area contributed by atoms with Gasteiger partial charge < -0.3 is 10.7 Å². The Bertz CT molecular complexity index is 1010. The molecule has 0 atom stereocenters. The third-order valence-corrected chi connectivity index (χ3v) is 4.84. The van der Waals surface area contributed by atoms with Gasteiger partial charge in [0.1, 0.15) is 0 Å². The highest BCUT2D eigenvalue weighted by atomic mass is 35.5. The third kappa shape index (κ3) is 3.62. The number of fused-ring (bicyclic) bond motifs is 1. The Morgan fingerprint density at radius 3 is 2.80 bits per heavy atom. The lowest BCUT2D eigenvalue weighted by atomic mass is 10.2. The highest BCUT2D eigenvalue weighted by Gasteiger charge is 2.15. The molecule has 0 spiro atoms. The van der Waals surface area contributed by atoms with Gasteiger partial charge in [-0.2, -0.15) is 0 Å². The van der Waals surface area contributed by atoms with E-state index in [4.69, 9.17) is 17.4 Å². The summed E-state index contributed by atoms with van der Waals surface area (Å²) in [5, 5.41) is 1.28. The Hall–Kier alpha value is -2.51. The van der Waals surface area contributed by atoms with E-state index < -0.39 is 0 Å². The average molecular weight is 375 g/mol. The Morgan fingerprint density at radius 1 is 1.28 bits per heavy atom. The van der Waals surface area contributed by atoms with Crippen molar-refractivity contribution in [3.05, 3.63) is 63.9 Å². The number of para-hydroxylation sites is 1. The highest BCUT2D eigenvalue weighted by molar-refractivity contribution is 7.99. The number of amides is 1. The number of hydrogen-bond donors (Lipinski definition) is 1. The maximum atomic E-state index is 12.4. The van der Waals surface area contributed by atoms with E-state index in [1.807, 2.05) is 0 Å². The zero-order valence-corrected chi connectivity index (χ0v) is 14.9. The van der Waals surface area contributed by atoms with Gasteiger partial charge >= 0.3 is 0 Å². The quantitative estimate of drug-likeness (QED) is 0.431. The minimum Gasteiger partial charge on any atom is -0.334 e. The van der Waals surface area contributed by atoms with Gasteiger partial charge in [-0.1, -0.05) is 41.6 Å². The molecule has 0 radical (unpaired) electrons. The fourth-order valence-corrected chi connectivity index (χ4v) is 3.29. The summed E-state index contributed by atoms with van der Waals surface area (Å²) < 4.78 is 0.972. The van der Waals surface area contributed by atoms with Gasteiger partial charge in [-0.15, -0.1) is 0 Å². The monoisotopic (exact) mass is 374 g/mol. The number of hydrogen-bond acceptors (Lipinski definition) is 5. The largest absolute Gasteiger partial charge is 0.334 e. The predicted molar refractivity (Wildman–Crippen MR) is 102 cm³/mol. The SMILES string of the molecule is CN(C(=O)CSc1nc2ccccc2c(=O)n1N)c1cccc(Cl)c1. The second-order valence-corrected chi connectivity index (χ2v) is 6.69. The maximum absolute atomic E-state index is 12.4. The van der Waals surface area contributed by atoms with Crippen molar-refractivity contribution in [1.29, 1.82) is 0 Å². The Labute approximate surface area is 153 Å². The molecule has 0 bridgehead atoms. The summed E-state index contributed by atoms with van der Waals surface area (Å²) in [7, 11) is 1.66. The van der Waals surface area contributed by atoms with Crippen LogP contribution in [0.15, 0.2) is 58.5 Å². The van der Waals surface area contributed by atoms with Crippen molar-refractivity contribution in [2.45, 2.75) is 5.16 Å². The van der Waals surface area contributed by atoms with Crippen LogP contribution >= 0.6 is 23.4 Å². The normalized spacial score (nSPS) is 10.8. The molecule has 2 aromatic carbocycles. The maximum Gasteiger partial charge on any atom is 0.280 e. The Morgan fingerprint density at radius 2 is 2.04 bits per heavy atom. The van der Waals surface area contributed by atoms with E-state index >= 15 is 0 Å². The van der Waals surface area contributed by atoms with Crippen molar-refractivity contribution in [2.75, 3.05) is 23.5 Å². The van der Waals surface area contributed by atoms with E-state index in [0.717, 1.165) is 16.4 Å². The number of anilines is 1. The third-order valence-electron chi connectivity index (χ3n) is 3.67. The van der Waals surface area contributed by atoms with E-state index in [1.165, 1.54) is 4.90 Å². The van der Waals surface area contributed by atoms with Crippen molar-refractivity contribution in [2.24, 2.45) is 0 Å². The van der Waals surface area contributed by atoms with E-state index in [9.17, 15) is 9.59 Å². The summed E-state index contributed by atoms with van der Waals surface area (Å²) in [4.78, 5) is 30.5. The van der Waals surface area contributed by atoms with Gasteiger partial charge in [-0.3, -0.25) is 9.59 Å². The number of carbonyl (C=O) groups is 1. The molecule has 8 heteroatoms. The standard InChI is InChI=1S/C17H15ClN4O2S/c1-21(12-6-4-5-11(18)9-12)15(23)10-25-17-20-14-8-3-2-7-13(14)16(24)22(17)19/h2-9H,10,19H2,1H3. The van der Waals surface area contributed by atoms with Crippen LogP contribution in [0.4, 0.5) is 5.69 Å². The minimum absolute atomic E-state index is 0.0883. The molecule has 25 heavy (non-hydrogen) atoms. The molecule has 1 heterocycles. The molecule has 128 valence electrons. The lowest BCUT2D eigenvalue weighted by Gasteiger charge is -2.17. The van der Waals surface area contributed by atoms with Crippen LogP contribution in [0, 0.1) is 0 Å². The number of aromatic nitrogens is 2. The molecule has 1 aromatic heterocycles. The fraction of sp³-hybridized carbons (Fsp3) is 0.118. The van der Waals surface area contributed by atoms with Gasteiger partial charge in [0.05, 0.1) is 16.7 Å². The molecular formula is C17H15ClN4O2S. The summed E-state index contributed by atoms with van der Waals surface area (Å²) >= 11 is 7.07. The molecule has 0 aliphatic carbocycles. The summed E-state index contributed by atoms with van der Waals surface area (Å²) in [6, 6.07) is 14.0. The van der Waals surface area contributed by atoms with Crippen LogP contribution in [-0.2, 0) is 4.79 Å². The second kappa shape index (κ2) is 7.16. The fourth-order valence-electron chi connectivity index (χ4n) is 2.28. The predicted octanol–water partition coefficient (Wildman–Crippen LogP) is 2.52. The lowest BCUT2D eigenvalue weighted by Crippen LogP contribution is -2.31. The first-order chi connectivity index (χ1) is 12.0. The zero-order chi connectivity index (χ0) is 18.0. The van der Waals surface area contributed by atoms with Gasteiger partial charge in [-0.05, 0) is 30.3 Å². The molecule has 3 aromatic rings. The van der Waals surface area contributed by atoms with Crippen LogP contribution in [-0.4, -0.2) is 28.4 Å². The summed E-state index contributed by atoms with van der Waals surface area (Å²) in [6.07, 6.45) is 0. The lowest BCUT2D eigenvalue weighted by molar-refractivity contribution is -0.115. The first-order valence-electron chi connectivity index (χ1n) is 7.39. The van der Waals surface area contributed by atoms with Crippen molar-refractivity contribution in [1.82, 2.24) is 9.66 Å². The number of nitrogens with zero attached hydrogens (tertiary/aromatic N) is 3. The van der Waals surface area contributed by atoms with E-state index in [1.54, 1.807) is 55.6 Å². The molecule has 0 saturated heterocycles. The van der Waals surface area contributed by atoms with Gasteiger partial charge in [0, 0.05) is 17.8 Å². The van der Waals surface area contributed by atoms with Gasteiger partial charge in [0.25, 0.3) is 5.56 Å². The van der Waals surface area contributed by atoms with Gasteiger partial charge in [-0.25, -0.2) is 9.66 Å². The van der Waals surface area contributed by atoms with E-state index in [0.29, 0.717) is 21.6 Å². The molecule has 6 nitrogen and oxygen atoms in total. The van der Waals surface area contributed by atoms with Crippen LogP contribution in [0.1, 0.15) is 0 Å². The smallest absolute Gasteiger partial charge is 0.280 e. The number of thioether (sulfide) groups is 1. The summed E-state index contributed by atoms with van der Waals surface area (Å²) in [5.41, 5.74) is 0.894. The van der Waals surface area contributed by atoms with Crippen LogP contribution in [0.5, 0.6) is 0 Å². The van der Waals surface area contributed by atoms with Gasteiger partial charge in [0.15, 0.2) is 5.16 Å². The molecule has 0 fully saturated rings. The van der Waals surface area contributed by atoms with Crippen LogP contribution in [0.2, 0.25) is 5.02 Å². The number of nitrogen functional groups attached to an aromatic ring is 1.